The zero-order chi connectivity index (χ0) is 11.4. The Morgan fingerprint density at radius 2 is 1.57 bits per heavy atom. The van der Waals surface area contributed by atoms with Crippen LogP contribution in [0.15, 0.2) is 0 Å². The molecule has 0 aliphatic heterocycles. The lowest BCUT2D eigenvalue weighted by Crippen LogP contribution is -2.44. The fourth-order valence-corrected chi connectivity index (χ4v) is 0.952. The Morgan fingerprint density at radius 3 is 1.93 bits per heavy atom. The summed E-state index contributed by atoms with van der Waals surface area (Å²) < 4.78 is 0. The first-order valence-electron chi connectivity index (χ1n) is 5.12. The van der Waals surface area contributed by atoms with Gasteiger partial charge in [-0.25, -0.2) is 0 Å². The summed E-state index contributed by atoms with van der Waals surface area (Å²) in [5.41, 5.74) is 0.112. The summed E-state index contributed by atoms with van der Waals surface area (Å²) in [6.07, 6.45) is 0.568. The quantitative estimate of drug-likeness (QED) is 0.683. The summed E-state index contributed by atoms with van der Waals surface area (Å²) in [6.45, 7) is 12.9. The molecular formula is C11H24N2O. The maximum absolute atomic E-state index is 11.4. The molecule has 0 saturated carbocycles. The molecule has 0 aromatic rings. The van der Waals surface area contributed by atoms with Gasteiger partial charge >= 0.3 is 0 Å². The lowest BCUT2D eigenvalue weighted by Gasteiger charge is -2.22. The van der Waals surface area contributed by atoms with E-state index >= 15 is 0 Å². The topological polar surface area (TPSA) is 41.1 Å². The molecule has 0 fully saturated rings. The largest absolute Gasteiger partial charge is 0.344 e. The van der Waals surface area contributed by atoms with Gasteiger partial charge in [0.05, 0.1) is 6.67 Å². The van der Waals surface area contributed by atoms with E-state index in [2.05, 4.69) is 52.2 Å². The average molecular weight is 200 g/mol. The molecule has 0 heterocycles. The van der Waals surface area contributed by atoms with E-state index in [0.29, 0.717) is 13.1 Å². The van der Waals surface area contributed by atoms with E-state index in [9.17, 15) is 4.79 Å². The Balaban J connectivity index is 3.66. The van der Waals surface area contributed by atoms with Crippen molar-refractivity contribution in [1.29, 1.82) is 0 Å². The van der Waals surface area contributed by atoms with Gasteiger partial charge in [-0.2, -0.15) is 0 Å². The number of hydrogen-bond donors (Lipinski definition) is 2. The smallest absolute Gasteiger partial charge is 0.221 e. The van der Waals surface area contributed by atoms with Gasteiger partial charge in [0.1, 0.15) is 0 Å². The van der Waals surface area contributed by atoms with E-state index in [0.717, 1.165) is 0 Å². The Labute approximate surface area is 87.6 Å². The first-order valence-corrected chi connectivity index (χ1v) is 5.12. The Morgan fingerprint density at radius 1 is 1.07 bits per heavy atom. The molecule has 0 saturated heterocycles. The highest BCUT2D eigenvalue weighted by Gasteiger charge is 2.16. The second-order valence-corrected chi connectivity index (χ2v) is 5.94. The number of carbonyl (C=O) groups excluding carboxylic acids is 1. The van der Waals surface area contributed by atoms with Gasteiger partial charge in [0, 0.05) is 12.0 Å². The first-order chi connectivity index (χ1) is 6.10. The van der Waals surface area contributed by atoms with E-state index in [1.807, 2.05) is 0 Å². The van der Waals surface area contributed by atoms with Crippen molar-refractivity contribution in [2.75, 3.05) is 6.67 Å². The minimum Gasteiger partial charge on any atom is -0.344 e. The molecule has 0 atom stereocenters. The Kier molecular flexibility index (Phi) is 4.59. The summed E-state index contributed by atoms with van der Waals surface area (Å²) in [7, 11) is 0. The van der Waals surface area contributed by atoms with Crippen molar-refractivity contribution in [2.45, 2.75) is 53.5 Å². The maximum atomic E-state index is 11.4. The van der Waals surface area contributed by atoms with Gasteiger partial charge in [-0.1, -0.05) is 20.8 Å². The SMILES string of the molecule is CC(C)(C)CC(=O)NCNC(C)(C)C. The molecule has 0 rings (SSSR count). The lowest BCUT2D eigenvalue weighted by atomic mass is 9.92. The van der Waals surface area contributed by atoms with Crippen LogP contribution in [0.2, 0.25) is 0 Å². The Bertz CT molecular complexity index is 186. The van der Waals surface area contributed by atoms with Crippen molar-refractivity contribution in [2.24, 2.45) is 5.41 Å². The third-order valence-corrected chi connectivity index (χ3v) is 1.60. The van der Waals surface area contributed by atoms with E-state index in [1.165, 1.54) is 0 Å². The Hall–Kier alpha value is -0.570. The fraction of sp³-hybridized carbons (Fsp3) is 0.909. The van der Waals surface area contributed by atoms with Crippen LogP contribution in [0.4, 0.5) is 0 Å². The van der Waals surface area contributed by atoms with Crippen molar-refractivity contribution in [3.63, 3.8) is 0 Å². The van der Waals surface area contributed by atoms with Crippen LogP contribution >= 0.6 is 0 Å². The van der Waals surface area contributed by atoms with Crippen LogP contribution in [0.25, 0.3) is 0 Å². The molecule has 0 unspecified atom stereocenters. The fourth-order valence-electron chi connectivity index (χ4n) is 0.952. The third kappa shape index (κ3) is 9.52. The molecule has 0 aromatic carbocycles. The molecule has 0 bridgehead atoms. The average Bonchev–Trinajstić information content (AvgIpc) is 1.78. The third-order valence-electron chi connectivity index (χ3n) is 1.60. The highest BCUT2D eigenvalue weighted by atomic mass is 16.1. The van der Waals surface area contributed by atoms with Crippen LogP contribution < -0.4 is 10.6 Å². The first kappa shape index (κ1) is 13.4. The van der Waals surface area contributed by atoms with Gasteiger partial charge in [0.15, 0.2) is 0 Å². The van der Waals surface area contributed by atoms with Gasteiger partial charge in [0.25, 0.3) is 0 Å². The molecule has 0 aliphatic carbocycles. The van der Waals surface area contributed by atoms with Gasteiger partial charge in [-0.05, 0) is 26.2 Å². The molecule has 0 spiro atoms. The number of amides is 1. The van der Waals surface area contributed by atoms with Crippen LogP contribution in [0.1, 0.15) is 48.0 Å². The van der Waals surface area contributed by atoms with Crippen molar-refractivity contribution < 1.29 is 4.79 Å². The van der Waals surface area contributed by atoms with Crippen LogP contribution in [0.3, 0.4) is 0 Å². The van der Waals surface area contributed by atoms with Crippen molar-refractivity contribution >= 4 is 5.91 Å². The standard InChI is InChI=1S/C11H24N2O/c1-10(2,3)7-9(14)12-8-13-11(4,5)6/h13H,7-8H2,1-6H3,(H,12,14). The summed E-state index contributed by atoms with van der Waals surface area (Å²) in [6, 6.07) is 0. The van der Waals surface area contributed by atoms with Gasteiger partial charge < -0.3 is 5.32 Å². The predicted octanol–water partition coefficient (Wildman–Crippen LogP) is 1.88. The normalized spacial score (nSPS) is 12.7. The second-order valence-electron chi connectivity index (χ2n) is 5.94. The van der Waals surface area contributed by atoms with Crippen molar-refractivity contribution in [3.8, 4) is 0 Å². The molecule has 0 radical (unpaired) electrons. The summed E-state index contributed by atoms with van der Waals surface area (Å²) in [5, 5.41) is 6.05. The predicted molar refractivity (Wildman–Crippen MR) is 60.0 cm³/mol. The van der Waals surface area contributed by atoms with Crippen molar-refractivity contribution in [3.05, 3.63) is 0 Å². The molecule has 84 valence electrons. The van der Waals surface area contributed by atoms with Crippen LogP contribution in [0, 0.1) is 5.41 Å². The number of nitrogens with one attached hydrogen (secondary N) is 2. The zero-order valence-electron chi connectivity index (χ0n) is 10.3. The molecular weight excluding hydrogens is 176 g/mol. The number of rotatable bonds is 3. The lowest BCUT2D eigenvalue weighted by molar-refractivity contribution is -0.122. The summed E-state index contributed by atoms with van der Waals surface area (Å²) >= 11 is 0. The molecule has 0 aliphatic rings. The van der Waals surface area contributed by atoms with E-state index < -0.39 is 0 Å². The summed E-state index contributed by atoms with van der Waals surface area (Å²) in [5.74, 6) is 0.106. The molecule has 0 aromatic heterocycles. The molecule has 3 heteroatoms. The minimum absolute atomic E-state index is 0.0506. The number of carbonyl (C=O) groups is 1. The minimum atomic E-state index is 0.0506. The molecule has 3 nitrogen and oxygen atoms in total. The highest BCUT2D eigenvalue weighted by molar-refractivity contribution is 5.76. The van der Waals surface area contributed by atoms with Gasteiger partial charge in [-0.15, -0.1) is 0 Å². The van der Waals surface area contributed by atoms with Crippen LogP contribution in [-0.4, -0.2) is 18.1 Å². The van der Waals surface area contributed by atoms with Gasteiger partial charge in [0.2, 0.25) is 5.91 Å². The van der Waals surface area contributed by atoms with Crippen LogP contribution in [0.5, 0.6) is 0 Å². The molecule has 1 amide bonds. The number of hydrogen-bond acceptors (Lipinski definition) is 2. The molecule has 2 N–H and O–H groups in total. The van der Waals surface area contributed by atoms with Crippen LogP contribution in [-0.2, 0) is 4.79 Å². The molecule has 14 heavy (non-hydrogen) atoms. The highest BCUT2D eigenvalue weighted by Crippen LogP contribution is 2.17. The van der Waals surface area contributed by atoms with E-state index in [-0.39, 0.29) is 16.9 Å². The van der Waals surface area contributed by atoms with E-state index in [4.69, 9.17) is 0 Å². The van der Waals surface area contributed by atoms with Crippen molar-refractivity contribution in [1.82, 2.24) is 10.6 Å². The van der Waals surface area contributed by atoms with Gasteiger partial charge in [-0.3, -0.25) is 10.1 Å². The van der Waals surface area contributed by atoms with E-state index in [1.54, 1.807) is 0 Å². The zero-order valence-corrected chi connectivity index (χ0v) is 10.3. The summed E-state index contributed by atoms with van der Waals surface area (Å²) in [4.78, 5) is 11.4. The monoisotopic (exact) mass is 200 g/mol. The maximum Gasteiger partial charge on any atom is 0.221 e. The second kappa shape index (κ2) is 4.78.